The van der Waals surface area contributed by atoms with Crippen molar-refractivity contribution in [3.05, 3.63) is 35.3 Å². The minimum Gasteiger partial charge on any atom is -0.379 e. The molecule has 2 aromatic rings. The number of ether oxygens (including phenoxy) is 1. The number of morpholine rings is 1. The van der Waals surface area contributed by atoms with Gasteiger partial charge in [-0.25, -0.2) is 0 Å². The van der Waals surface area contributed by atoms with E-state index < -0.39 is 11.7 Å². The monoisotopic (exact) mass is 420 g/mol. The van der Waals surface area contributed by atoms with Gasteiger partial charge in [0.05, 0.1) is 24.5 Å². The molecule has 1 aliphatic heterocycles. The molecule has 30 heavy (non-hydrogen) atoms. The first-order valence-electron chi connectivity index (χ1n) is 10.6. The van der Waals surface area contributed by atoms with Crippen LogP contribution in [0.1, 0.15) is 56.1 Å². The van der Waals surface area contributed by atoms with E-state index >= 15 is 0 Å². The molecule has 0 spiro atoms. The summed E-state index contributed by atoms with van der Waals surface area (Å²) < 4.78 is 47.6. The lowest BCUT2D eigenvalue weighted by atomic mass is 9.37. The van der Waals surface area contributed by atoms with Crippen molar-refractivity contribution in [1.29, 1.82) is 0 Å². The Morgan fingerprint density at radius 3 is 2.37 bits per heavy atom. The molecule has 6 rings (SSSR count). The molecule has 162 valence electrons. The second-order valence-corrected chi connectivity index (χ2v) is 9.44. The van der Waals surface area contributed by atoms with Gasteiger partial charge in [0, 0.05) is 53.2 Å². The predicted molar refractivity (Wildman–Crippen MR) is 106 cm³/mol. The zero-order chi connectivity index (χ0) is 21.3. The smallest absolute Gasteiger partial charge is 0.379 e. The van der Waals surface area contributed by atoms with Crippen LogP contribution in [0.15, 0.2) is 18.3 Å². The molecule has 0 atom stereocenters. The standard InChI is InChI=1S/C22H27F3N4O/c1-14(2)29-19(20-11-21(12-20,13-20)28-4-6-30-7-5-28)9-18(27-29)16-8-17(22(23,24)25)15(3)26-10-16/h8-10,14H,4-7,11-13H2,1-3H3. The van der Waals surface area contributed by atoms with Gasteiger partial charge in [0.15, 0.2) is 0 Å². The van der Waals surface area contributed by atoms with Gasteiger partial charge in [-0.3, -0.25) is 14.6 Å². The van der Waals surface area contributed by atoms with Crippen LogP contribution in [0.5, 0.6) is 0 Å². The highest BCUT2D eigenvalue weighted by Gasteiger charge is 2.71. The topological polar surface area (TPSA) is 43.2 Å². The maximum Gasteiger partial charge on any atom is 0.418 e. The van der Waals surface area contributed by atoms with E-state index in [9.17, 15) is 13.2 Å². The molecule has 0 aromatic carbocycles. The maximum atomic E-state index is 13.4. The molecule has 1 saturated heterocycles. The Morgan fingerprint density at radius 2 is 1.77 bits per heavy atom. The Bertz CT molecular complexity index is 955. The number of aryl methyl sites for hydroxylation is 1. The van der Waals surface area contributed by atoms with Gasteiger partial charge in [0.25, 0.3) is 0 Å². The Labute approximate surface area is 174 Å². The normalized spacial score (nSPS) is 29.0. The zero-order valence-electron chi connectivity index (χ0n) is 17.6. The molecule has 8 heteroatoms. The van der Waals surface area contributed by atoms with E-state index in [-0.39, 0.29) is 22.7 Å². The van der Waals surface area contributed by atoms with Gasteiger partial charge in [0.1, 0.15) is 0 Å². The minimum absolute atomic E-state index is 0.0124. The van der Waals surface area contributed by atoms with Crippen LogP contribution in [0.3, 0.4) is 0 Å². The Hall–Kier alpha value is -1.93. The lowest BCUT2D eigenvalue weighted by Gasteiger charge is -2.74. The van der Waals surface area contributed by atoms with Crippen LogP contribution in [0.4, 0.5) is 13.2 Å². The molecule has 5 nitrogen and oxygen atoms in total. The van der Waals surface area contributed by atoms with Crippen LogP contribution >= 0.6 is 0 Å². The summed E-state index contributed by atoms with van der Waals surface area (Å²) in [4.78, 5) is 6.56. The molecule has 0 unspecified atom stereocenters. The van der Waals surface area contributed by atoms with Crippen molar-refractivity contribution < 1.29 is 17.9 Å². The summed E-state index contributed by atoms with van der Waals surface area (Å²) in [5, 5.41) is 4.72. The fourth-order valence-corrected chi connectivity index (χ4v) is 5.66. The number of pyridine rings is 1. The van der Waals surface area contributed by atoms with Gasteiger partial charge in [-0.1, -0.05) is 0 Å². The lowest BCUT2D eigenvalue weighted by Crippen LogP contribution is -2.78. The first-order valence-corrected chi connectivity index (χ1v) is 10.6. The van der Waals surface area contributed by atoms with Crippen molar-refractivity contribution in [2.45, 2.75) is 63.2 Å². The predicted octanol–water partition coefficient (Wildman–Crippen LogP) is 4.36. The highest BCUT2D eigenvalue weighted by molar-refractivity contribution is 5.61. The number of halogens is 3. The number of aromatic nitrogens is 3. The molecule has 3 aliphatic carbocycles. The van der Waals surface area contributed by atoms with E-state index in [4.69, 9.17) is 9.84 Å². The molecule has 3 saturated carbocycles. The largest absolute Gasteiger partial charge is 0.418 e. The van der Waals surface area contributed by atoms with E-state index in [0.717, 1.165) is 51.3 Å². The molecule has 0 N–H and O–H groups in total. The highest BCUT2D eigenvalue weighted by atomic mass is 19.4. The summed E-state index contributed by atoms with van der Waals surface area (Å²) >= 11 is 0. The summed E-state index contributed by atoms with van der Waals surface area (Å²) in [6.45, 7) is 9.09. The van der Waals surface area contributed by atoms with Crippen LogP contribution in [-0.2, 0) is 16.3 Å². The molecule has 4 aliphatic rings. The fraction of sp³-hybridized carbons (Fsp3) is 0.636. The summed E-state index contributed by atoms with van der Waals surface area (Å²) in [6, 6.07) is 3.31. The number of hydrogen-bond acceptors (Lipinski definition) is 4. The summed E-state index contributed by atoms with van der Waals surface area (Å²) in [7, 11) is 0. The average molecular weight is 420 g/mol. The molecular weight excluding hydrogens is 393 g/mol. The zero-order valence-corrected chi connectivity index (χ0v) is 17.6. The van der Waals surface area contributed by atoms with Crippen molar-refractivity contribution in [1.82, 2.24) is 19.7 Å². The van der Waals surface area contributed by atoms with Crippen LogP contribution in [0.25, 0.3) is 11.3 Å². The van der Waals surface area contributed by atoms with E-state index in [1.807, 2.05) is 10.7 Å². The van der Waals surface area contributed by atoms with E-state index in [1.54, 1.807) is 0 Å². The second-order valence-electron chi connectivity index (χ2n) is 9.44. The van der Waals surface area contributed by atoms with Crippen molar-refractivity contribution >= 4 is 0 Å². The average Bonchev–Trinajstić information content (AvgIpc) is 3.05. The van der Waals surface area contributed by atoms with E-state index in [0.29, 0.717) is 11.3 Å². The van der Waals surface area contributed by atoms with Gasteiger partial charge in [-0.2, -0.15) is 18.3 Å². The first kappa shape index (κ1) is 20.0. The Kier molecular flexibility index (Phi) is 4.35. The first-order chi connectivity index (χ1) is 14.1. The van der Waals surface area contributed by atoms with Crippen LogP contribution in [-0.4, -0.2) is 51.5 Å². The molecule has 3 heterocycles. The van der Waals surface area contributed by atoms with E-state index in [1.165, 1.54) is 19.2 Å². The molecule has 0 radical (unpaired) electrons. The molecule has 4 fully saturated rings. The Balaban J connectivity index is 1.45. The van der Waals surface area contributed by atoms with Crippen molar-refractivity contribution in [3.63, 3.8) is 0 Å². The van der Waals surface area contributed by atoms with E-state index in [2.05, 4.69) is 23.7 Å². The summed E-state index contributed by atoms with van der Waals surface area (Å²) in [6.07, 6.45) is 0.362. The Morgan fingerprint density at radius 1 is 1.10 bits per heavy atom. The van der Waals surface area contributed by atoms with Crippen molar-refractivity contribution in [2.24, 2.45) is 0 Å². The number of rotatable bonds is 4. The maximum absolute atomic E-state index is 13.4. The van der Waals surface area contributed by atoms with Crippen molar-refractivity contribution in [3.8, 4) is 11.3 Å². The van der Waals surface area contributed by atoms with Gasteiger partial charge in [-0.15, -0.1) is 0 Å². The molecule has 2 bridgehead atoms. The van der Waals surface area contributed by atoms with Gasteiger partial charge >= 0.3 is 6.18 Å². The third kappa shape index (κ3) is 2.91. The number of alkyl halides is 3. The highest BCUT2D eigenvalue weighted by Crippen LogP contribution is 2.70. The van der Waals surface area contributed by atoms with Crippen molar-refractivity contribution in [2.75, 3.05) is 26.3 Å². The minimum atomic E-state index is -4.42. The van der Waals surface area contributed by atoms with Crippen LogP contribution in [0, 0.1) is 6.92 Å². The second kappa shape index (κ2) is 6.53. The van der Waals surface area contributed by atoms with Crippen LogP contribution < -0.4 is 0 Å². The third-order valence-electron chi connectivity index (χ3n) is 7.14. The molecule has 0 amide bonds. The van der Waals surface area contributed by atoms with Gasteiger partial charge in [0.2, 0.25) is 0 Å². The molecular formula is C22H27F3N4O. The summed E-state index contributed by atoms with van der Waals surface area (Å²) in [5.41, 5.74) is 1.81. The lowest BCUT2D eigenvalue weighted by molar-refractivity contribution is -0.191. The van der Waals surface area contributed by atoms with Gasteiger partial charge < -0.3 is 4.74 Å². The quantitative estimate of drug-likeness (QED) is 0.737. The molecule has 2 aromatic heterocycles. The number of hydrogen-bond donors (Lipinski definition) is 0. The van der Waals surface area contributed by atoms with Crippen LogP contribution in [0.2, 0.25) is 0 Å². The fourth-order valence-electron chi connectivity index (χ4n) is 5.66. The summed E-state index contributed by atoms with van der Waals surface area (Å²) in [5.74, 6) is 0. The third-order valence-corrected chi connectivity index (χ3v) is 7.14. The SMILES string of the molecule is Cc1ncc(-c2cc(C34CC(N5CCOCC5)(C3)C4)n(C(C)C)n2)cc1C(F)(F)F. The van der Waals surface area contributed by atoms with Gasteiger partial charge in [-0.05, 0) is 52.2 Å². The number of nitrogens with zero attached hydrogens (tertiary/aromatic N) is 4.